The molecule has 110 valence electrons. The fourth-order valence-corrected chi connectivity index (χ4v) is 2.64. The number of carbonyl (C=O) groups is 1. The van der Waals surface area contributed by atoms with Gasteiger partial charge in [-0.2, -0.15) is 0 Å². The van der Waals surface area contributed by atoms with Crippen LogP contribution in [0.25, 0.3) is 0 Å². The van der Waals surface area contributed by atoms with Gasteiger partial charge in [0.15, 0.2) is 11.5 Å². The Morgan fingerprint density at radius 1 is 1.30 bits per heavy atom. The van der Waals surface area contributed by atoms with E-state index in [0.29, 0.717) is 24.0 Å². The van der Waals surface area contributed by atoms with E-state index < -0.39 is 0 Å². The van der Waals surface area contributed by atoms with Gasteiger partial charge in [-0.25, -0.2) is 0 Å². The summed E-state index contributed by atoms with van der Waals surface area (Å²) in [5.74, 6) is 1.53. The van der Waals surface area contributed by atoms with Gasteiger partial charge in [-0.3, -0.25) is 4.79 Å². The highest BCUT2D eigenvalue weighted by Crippen LogP contribution is 2.30. The van der Waals surface area contributed by atoms with E-state index in [0.717, 1.165) is 30.3 Å². The third-order valence-electron chi connectivity index (χ3n) is 3.44. The van der Waals surface area contributed by atoms with Gasteiger partial charge in [0, 0.05) is 17.9 Å². The second kappa shape index (κ2) is 6.97. The molecule has 0 spiro atoms. The molecule has 5 heteroatoms. The van der Waals surface area contributed by atoms with Gasteiger partial charge in [-0.15, -0.1) is 0 Å². The maximum atomic E-state index is 12.4. The summed E-state index contributed by atoms with van der Waals surface area (Å²) in [7, 11) is 3.21. The lowest BCUT2D eigenvalue weighted by atomic mass is 10.1. The Hall–Kier alpha value is -1.23. The van der Waals surface area contributed by atoms with Crippen molar-refractivity contribution >= 4 is 21.8 Å². The molecule has 1 aliphatic carbocycles. The monoisotopic (exact) mass is 341 g/mol. The number of rotatable bonds is 7. The maximum Gasteiger partial charge on any atom is 0.227 e. The van der Waals surface area contributed by atoms with Crippen LogP contribution in [0.4, 0.5) is 0 Å². The van der Waals surface area contributed by atoms with E-state index in [1.807, 2.05) is 23.1 Å². The quantitative estimate of drug-likeness (QED) is 0.715. The highest BCUT2D eigenvalue weighted by Gasteiger charge is 2.31. The third-order valence-corrected chi connectivity index (χ3v) is 3.79. The molecule has 0 aliphatic heterocycles. The number of benzene rings is 1. The van der Waals surface area contributed by atoms with Crippen LogP contribution in [0, 0.1) is 0 Å². The van der Waals surface area contributed by atoms with Crippen LogP contribution in [-0.2, 0) is 11.2 Å². The van der Waals surface area contributed by atoms with E-state index in [-0.39, 0.29) is 5.91 Å². The Morgan fingerprint density at radius 2 is 2.00 bits per heavy atom. The molecular weight excluding hydrogens is 322 g/mol. The van der Waals surface area contributed by atoms with Gasteiger partial charge in [0.1, 0.15) is 0 Å². The van der Waals surface area contributed by atoms with Crippen molar-refractivity contribution in [2.75, 3.05) is 26.1 Å². The molecule has 0 bridgehead atoms. The van der Waals surface area contributed by atoms with Gasteiger partial charge in [-0.1, -0.05) is 22.0 Å². The third kappa shape index (κ3) is 3.66. The van der Waals surface area contributed by atoms with Crippen molar-refractivity contribution in [2.24, 2.45) is 0 Å². The first-order chi connectivity index (χ1) is 9.69. The minimum atomic E-state index is 0.180. The van der Waals surface area contributed by atoms with Gasteiger partial charge < -0.3 is 14.4 Å². The maximum absolute atomic E-state index is 12.4. The predicted molar refractivity (Wildman–Crippen MR) is 81.8 cm³/mol. The van der Waals surface area contributed by atoms with Gasteiger partial charge in [0.25, 0.3) is 0 Å². The predicted octanol–water partition coefficient (Wildman–Crippen LogP) is 2.63. The van der Waals surface area contributed by atoms with Crippen molar-refractivity contribution in [3.05, 3.63) is 23.8 Å². The largest absolute Gasteiger partial charge is 0.493 e. The summed E-state index contributed by atoms with van der Waals surface area (Å²) in [5, 5.41) is 0.821. The van der Waals surface area contributed by atoms with Crippen LogP contribution in [0.3, 0.4) is 0 Å². The van der Waals surface area contributed by atoms with Crippen molar-refractivity contribution in [3.63, 3.8) is 0 Å². The second-order valence-corrected chi connectivity index (χ2v) is 5.67. The van der Waals surface area contributed by atoms with E-state index in [9.17, 15) is 4.79 Å². The topological polar surface area (TPSA) is 38.8 Å². The zero-order valence-electron chi connectivity index (χ0n) is 11.9. The average Bonchev–Trinajstić information content (AvgIpc) is 3.28. The van der Waals surface area contributed by atoms with Crippen LogP contribution in [-0.4, -0.2) is 42.9 Å². The molecule has 0 atom stereocenters. The number of alkyl halides is 1. The molecule has 2 rings (SSSR count). The molecule has 1 aromatic rings. The average molecular weight is 342 g/mol. The normalized spacial score (nSPS) is 13.9. The second-order valence-electron chi connectivity index (χ2n) is 4.87. The standard InChI is InChI=1S/C15H20BrNO3/c1-19-13-6-3-11(9-14(13)20-2)10-15(18)17(8-7-16)12-4-5-12/h3,6,9,12H,4-5,7-8,10H2,1-2H3. The molecule has 0 radical (unpaired) electrons. The number of methoxy groups -OCH3 is 2. The highest BCUT2D eigenvalue weighted by molar-refractivity contribution is 9.09. The summed E-state index contributed by atoms with van der Waals surface area (Å²) in [4.78, 5) is 14.3. The van der Waals surface area contributed by atoms with E-state index in [2.05, 4.69) is 15.9 Å². The molecule has 0 heterocycles. The van der Waals surface area contributed by atoms with Crippen molar-refractivity contribution in [3.8, 4) is 11.5 Å². The summed E-state index contributed by atoms with van der Waals surface area (Å²) in [6, 6.07) is 6.07. The number of halogens is 1. The van der Waals surface area contributed by atoms with Gasteiger partial charge in [-0.05, 0) is 30.5 Å². The fourth-order valence-electron chi connectivity index (χ4n) is 2.25. The number of hydrogen-bond donors (Lipinski definition) is 0. The lowest BCUT2D eigenvalue weighted by molar-refractivity contribution is -0.130. The Kier molecular flexibility index (Phi) is 5.29. The summed E-state index contributed by atoms with van der Waals surface area (Å²) in [6.45, 7) is 0.775. The molecule has 0 N–H and O–H groups in total. The van der Waals surface area contributed by atoms with E-state index in [4.69, 9.17) is 9.47 Å². The molecule has 4 nitrogen and oxygen atoms in total. The summed E-state index contributed by atoms with van der Waals surface area (Å²) in [5.41, 5.74) is 0.952. The minimum absolute atomic E-state index is 0.180. The summed E-state index contributed by atoms with van der Waals surface area (Å²) < 4.78 is 10.5. The summed E-state index contributed by atoms with van der Waals surface area (Å²) in [6.07, 6.45) is 2.67. The number of ether oxygens (including phenoxy) is 2. The SMILES string of the molecule is COc1ccc(CC(=O)N(CCBr)C2CC2)cc1OC. The number of hydrogen-bond acceptors (Lipinski definition) is 3. The number of carbonyl (C=O) groups excluding carboxylic acids is 1. The smallest absolute Gasteiger partial charge is 0.227 e. The molecule has 0 aromatic heterocycles. The van der Waals surface area contributed by atoms with E-state index in [1.165, 1.54) is 0 Å². The first-order valence-corrected chi connectivity index (χ1v) is 7.88. The lowest BCUT2D eigenvalue weighted by Gasteiger charge is -2.21. The van der Waals surface area contributed by atoms with Crippen molar-refractivity contribution < 1.29 is 14.3 Å². The summed E-state index contributed by atoms with van der Waals surface area (Å²) >= 11 is 3.41. The molecule has 1 amide bonds. The van der Waals surface area contributed by atoms with Crippen molar-refractivity contribution in [1.82, 2.24) is 4.90 Å². The van der Waals surface area contributed by atoms with Gasteiger partial charge in [0.2, 0.25) is 5.91 Å². The van der Waals surface area contributed by atoms with Gasteiger partial charge >= 0.3 is 0 Å². The molecule has 1 aliphatic rings. The van der Waals surface area contributed by atoms with Crippen LogP contribution in [0.15, 0.2) is 18.2 Å². The van der Waals surface area contributed by atoms with Crippen molar-refractivity contribution in [2.45, 2.75) is 25.3 Å². The highest BCUT2D eigenvalue weighted by atomic mass is 79.9. The molecular formula is C15H20BrNO3. The molecule has 1 aromatic carbocycles. The Balaban J connectivity index is 2.06. The molecule has 1 fully saturated rings. The Morgan fingerprint density at radius 3 is 2.55 bits per heavy atom. The number of nitrogens with zero attached hydrogens (tertiary/aromatic N) is 1. The molecule has 1 saturated carbocycles. The minimum Gasteiger partial charge on any atom is -0.493 e. The first-order valence-electron chi connectivity index (χ1n) is 6.76. The Labute approximate surface area is 128 Å². The molecule has 0 unspecified atom stereocenters. The number of amides is 1. The first kappa shape index (κ1) is 15.2. The van der Waals surface area contributed by atoms with Crippen LogP contribution in [0.2, 0.25) is 0 Å². The van der Waals surface area contributed by atoms with Crippen molar-refractivity contribution in [1.29, 1.82) is 0 Å². The zero-order chi connectivity index (χ0) is 14.5. The van der Waals surface area contributed by atoms with Crippen LogP contribution in [0.1, 0.15) is 18.4 Å². The molecule has 20 heavy (non-hydrogen) atoms. The fraction of sp³-hybridized carbons (Fsp3) is 0.533. The van der Waals surface area contributed by atoms with Crippen LogP contribution < -0.4 is 9.47 Å². The van der Waals surface area contributed by atoms with E-state index >= 15 is 0 Å². The molecule has 0 saturated heterocycles. The van der Waals surface area contributed by atoms with Crippen LogP contribution in [0.5, 0.6) is 11.5 Å². The lowest BCUT2D eigenvalue weighted by Crippen LogP contribution is -2.35. The van der Waals surface area contributed by atoms with E-state index in [1.54, 1.807) is 14.2 Å². The zero-order valence-corrected chi connectivity index (χ0v) is 13.5. The van der Waals surface area contributed by atoms with Gasteiger partial charge in [0.05, 0.1) is 20.6 Å². The Bertz CT molecular complexity index is 474. The van der Waals surface area contributed by atoms with Crippen LogP contribution >= 0.6 is 15.9 Å².